The molecule has 4 unspecified atom stereocenters. The van der Waals surface area contributed by atoms with E-state index >= 15 is 0 Å². The Bertz CT molecular complexity index is 700. The molecule has 3 aliphatic rings. The minimum Gasteiger partial charge on any atom is -0.377 e. The molecule has 1 spiro atoms. The Kier molecular flexibility index (Phi) is 4.68. The van der Waals surface area contributed by atoms with Crippen LogP contribution in [0.25, 0.3) is 0 Å². The lowest BCUT2D eigenvalue weighted by Crippen LogP contribution is -2.72. The Balaban J connectivity index is 1.46. The summed E-state index contributed by atoms with van der Waals surface area (Å²) in [4.78, 5) is 4.65. The van der Waals surface area contributed by atoms with Crippen molar-refractivity contribution >= 4 is 5.96 Å². The van der Waals surface area contributed by atoms with Crippen LogP contribution >= 0.6 is 0 Å². The van der Waals surface area contributed by atoms with Crippen molar-refractivity contribution in [3.8, 4) is 0 Å². The molecule has 0 radical (unpaired) electrons. The molecule has 0 amide bonds. The van der Waals surface area contributed by atoms with Crippen molar-refractivity contribution in [2.24, 2.45) is 16.3 Å². The third-order valence-electron chi connectivity index (χ3n) is 6.69. The van der Waals surface area contributed by atoms with Crippen LogP contribution in [0.4, 0.5) is 4.39 Å². The van der Waals surface area contributed by atoms with Crippen LogP contribution in [0.1, 0.15) is 56.7 Å². The van der Waals surface area contributed by atoms with E-state index in [-0.39, 0.29) is 11.9 Å². The van der Waals surface area contributed by atoms with Crippen LogP contribution in [0.15, 0.2) is 23.2 Å². The number of nitrogens with zero attached hydrogens (tertiary/aromatic N) is 1. The third-order valence-corrected chi connectivity index (χ3v) is 6.69. The van der Waals surface area contributed by atoms with Crippen molar-refractivity contribution in [3.05, 3.63) is 35.1 Å². The molecule has 0 aromatic heterocycles. The number of hydrogen-bond acceptors (Lipinski definition) is 2. The Labute approximate surface area is 155 Å². The van der Waals surface area contributed by atoms with Crippen LogP contribution < -0.4 is 10.6 Å². The van der Waals surface area contributed by atoms with E-state index in [1.165, 1.54) is 19.3 Å². The first-order chi connectivity index (χ1) is 12.5. The molecule has 2 saturated carbocycles. The van der Waals surface area contributed by atoms with Gasteiger partial charge in [0.25, 0.3) is 0 Å². The van der Waals surface area contributed by atoms with E-state index in [4.69, 9.17) is 4.74 Å². The van der Waals surface area contributed by atoms with E-state index in [2.05, 4.69) is 22.5 Å². The maximum atomic E-state index is 13.9. The van der Waals surface area contributed by atoms with Gasteiger partial charge in [-0.15, -0.1) is 0 Å². The first-order valence-electron chi connectivity index (χ1n) is 10.0. The standard InChI is InChI=1S/C21H30FN3O/c1-4-23-20(24-14(3)15-7-6-13(2)17(22)12-15)25-18-16-8-11-26-19(16)21(18)9-5-10-21/h6-7,12,14,16,18-19H,4-5,8-11H2,1-3H3,(H2,23,24,25). The number of fused-ring (bicyclic) bond motifs is 2. The molecule has 1 aromatic rings. The first kappa shape index (κ1) is 17.8. The van der Waals surface area contributed by atoms with E-state index in [1.807, 2.05) is 19.1 Å². The van der Waals surface area contributed by atoms with Crippen LogP contribution in [-0.2, 0) is 4.74 Å². The minimum absolute atomic E-state index is 0.00376. The summed E-state index contributed by atoms with van der Waals surface area (Å²) in [5.41, 5.74) is 1.93. The largest absolute Gasteiger partial charge is 0.377 e. The summed E-state index contributed by atoms with van der Waals surface area (Å²) >= 11 is 0. The zero-order valence-corrected chi connectivity index (χ0v) is 16.0. The molecule has 4 rings (SSSR count). The molecule has 4 atom stereocenters. The summed E-state index contributed by atoms with van der Waals surface area (Å²) in [7, 11) is 0. The Morgan fingerprint density at radius 3 is 2.88 bits per heavy atom. The van der Waals surface area contributed by atoms with Gasteiger partial charge in [0.15, 0.2) is 5.96 Å². The number of aryl methyl sites for hydroxylation is 1. The Morgan fingerprint density at radius 2 is 2.23 bits per heavy atom. The lowest BCUT2D eigenvalue weighted by molar-refractivity contribution is -0.171. The summed E-state index contributed by atoms with van der Waals surface area (Å²) in [6.07, 6.45) is 5.40. The molecule has 1 aromatic carbocycles. The van der Waals surface area contributed by atoms with Crippen molar-refractivity contribution in [1.29, 1.82) is 0 Å². The van der Waals surface area contributed by atoms with E-state index in [0.29, 0.717) is 35.6 Å². The van der Waals surface area contributed by atoms with Gasteiger partial charge in [-0.05, 0) is 57.2 Å². The van der Waals surface area contributed by atoms with Crippen molar-refractivity contribution in [3.63, 3.8) is 0 Å². The molecule has 0 bridgehead atoms. The highest BCUT2D eigenvalue weighted by molar-refractivity contribution is 5.81. The fourth-order valence-corrected chi connectivity index (χ4v) is 5.06. The molecule has 2 N–H and O–H groups in total. The number of hydrogen-bond donors (Lipinski definition) is 2. The monoisotopic (exact) mass is 359 g/mol. The Morgan fingerprint density at radius 1 is 1.42 bits per heavy atom. The zero-order valence-electron chi connectivity index (χ0n) is 16.0. The van der Waals surface area contributed by atoms with E-state index in [1.54, 1.807) is 13.0 Å². The molecule has 142 valence electrons. The number of halogens is 1. The minimum atomic E-state index is -0.156. The summed E-state index contributed by atoms with van der Waals surface area (Å²) in [6.45, 7) is 7.49. The highest BCUT2D eigenvalue weighted by Crippen LogP contribution is 2.62. The maximum absolute atomic E-state index is 13.9. The van der Waals surface area contributed by atoms with Gasteiger partial charge in [-0.3, -0.25) is 4.99 Å². The van der Waals surface area contributed by atoms with Crippen molar-refractivity contribution in [1.82, 2.24) is 10.6 Å². The van der Waals surface area contributed by atoms with Gasteiger partial charge >= 0.3 is 0 Å². The number of ether oxygens (including phenoxy) is 1. The topological polar surface area (TPSA) is 45.7 Å². The highest BCUT2D eigenvalue weighted by Gasteiger charge is 2.66. The van der Waals surface area contributed by atoms with Gasteiger partial charge < -0.3 is 15.4 Å². The molecule has 1 aliphatic heterocycles. The maximum Gasteiger partial charge on any atom is 0.191 e. The Hall–Kier alpha value is -1.62. The number of aliphatic imine (C=N–C) groups is 1. The van der Waals surface area contributed by atoms with Gasteiger partial charge in [0.1, 0.15) is 5.82 Å². The molecule has 2 aliphatic carbocycles. The smallest absolute Gasteiger partial charge is 0.191 e. The second-order valence-corrected chi connectivity index (χ2v) is 8.15. The predicted octanol–water partition coefficient (Wildman–Crippen LogP) is 3.71. The molecular weight excluding hydrogens is 329 g/mol. The van der Waals surface area contributed by atoms with Crippen LogP contribution in [0.5, 0.6) is 0 Å². The zero-order chi connectivity index (χ0) is 18.3. The number of nitrogens with one attached hydrogen (secondary N) is 2. The predicted molar refractivity (Wildman–Crippen MR) is 102 cm³/mol. The summed E-state index contributed by atoms with van der Waals surface area (Å²) < 4.78 is 19.9. The quantitative estimate of drug-likeness (QED) is 0.636. The van der Waals surface area contributed by atoms with Gasteiger partial charge in [0.05, 0.1) is 12.1 Å². The molecule has 4 nitrogen and oxygen atoms in total. The van der Waals surface area contributed by atoms with Gasteiger partial charge in [-0.25, -0.2) is 4.39 Å². The fraction of sp³-hybridized carbons (Fsp3) is 0.667. The summed E-state index contributed by atoms with van der Waals surface area (Å²) in [6, 6.07) is 5.88. The fourth-order valence-electron chi connectivity index (χ4n) is 5.06. The van der Waals surface area contributed by atoms with Crippen molar-refractivity contribution < 1.29 is 9.13 Å². The van der Waals surface area contributed by atoms with Crippen LogP contribution in [0.3, 0.4) is 0 Å². The third kappa shape index (κ3) is 2.81. The van der Waals surface area contributed by atoms with Crippen molar-refractivity contribution in [2.75, 3.05) is 13.2 Å². The summed E-state index contributed by atoms with van der Waals surface area (Å²) in [5, 5.41) is 7.19. The van der Waals surface area contributed by atoms with E-state index < -0.39 is 0 Å². The molecular formula is C21H30FN3O. The molecule has 1 saturated heterocycles. The number of rotatable bonds is 4. The van der Waals surface area contributed by atoms with Gasteiger partial charge in [0.2, 0.25) is 0 Å². The van der Waals surface area contributed by atoms with Gasteiger partial charge in [-0.2, -0.15) is 0 Å². The summed E-state index contributed by atoms with van der Waals surface area (Å²) in [5.74, 6) is 1.28. The highest BCUT2D eigenvalue weighted by atomic mass is 19.1. The van der Waals surface area contributed by atoms with Crippen LogP contribution in [-0.4, -0.2) is 31.3 Å². The molecule has 3 fully saturated rings. The molecule has 1 heterocycles. The molecule has 5 heteroatoms. The van der Waals surface area contributed by atoms with E-state index in [0.717, 1.165) is 24.6 Å². The van der Waals surface area contributed by atoms with Crippen molar-refractivity contribution in [2.45, 2.75) is 64.6 Å². The average molecular weight is 359 g/mol. The van der Waals surface area contributed by atoms with Crippen LogP contribution in [0, 0.1) is 24.1 Å². The normalized spacial score (nSPS) is 30.3. The van der Waals surface area contributed by atoms with Gasteiger partial charge in [0, 0.05) is 30.5 Å². The lowest BCUT2D eigenvalue weighted by atomic mass is 9.46. The second-order valence-electron chi connectivity index (χ2n) is 8.15. The number of benzene rings is 1. The SMILES string of the molecule is CCN=C(NC(C)c1ccc(C)c(F)c1)NC1C2CCOC2C12CCC2. The van der Waals surface area contributed by atoms with Crippen LogP contribution in [0.2, 0.25) is 0 Å². The average Bonchev–Trinajstić information content (AvgIpc) is 2.99. The lowest BCUT2D eigenvalue weighted by Gasteiger charge is -2.63. The first-order valence-corrected chi connectivity index (χ1v) is 10.0. The second kappa shape index (κ2) is 6.84. The van der Waals surface area contributed by atoms with E-state index in [9.17, 15) is 4.39 Å². The molecule has 26 heavy (non-hydrogen) atoms. The number of guanidine groups is 1. The van der Waals surface area contributed by atoms with Gasteiger partial charge in [-0.1, -0.05) is 18.6 Å².